The van der Waals surface area contributed by atoms with Gasteiger partial charge in [0.15, 0.2) is 0 Å². The van der Waals surface area contributed by atoms with Crippen LogP contribution in [-0.2, 0) is 13.0 Å². The second-order valence-corrected chi connectivity index (χ2v) is 7.97. The van der Waals surface area contributed by atoms with Gasteiger partial charge in [0.05, 0.1) is 5.01 Å². The Bertz CT molecular complexity index is 828. The number of thiophene rings is 1. The van der Waals surface area contributed by atoms with Gasteiger partial charge in [-0.2, -0.15) is 0 Å². The molecule has 0 aliphatic heterocycles. The minimum Gasteiger partial charge on any atom is -0.488 e. The van der Waals surface area contributed by atoms with E-state index >= 15 is 0 Å². The molecule has 136 valence electrons. The molecule has 26 heavy (non-hydrogen) atoms. The summed E-state index contributed by atoms with van der Waals surface area (Å²) in [7, 11) is 0. The number of thiazole rings is 1. The standard InChI is InChI=1S/C20H22N2O2S2/c1-15-14-26-19(22-15)9-2-3-10-21-20(23)16-6-4-7-17(12-16)24-13-18-8-5-11-25-18/h4-8,11-12,14H,2-3,9-10,13H2,1H3,(H,21,23). The number of aromatic nitrogens is 1. The van der Waals surface area contributed by atoms with Crippen LogP contribution in [0.25, 0.3) is 0 Å². The summed E-state index contributed by atoms with van der Waals surface area (Å²) in [6, 6.07) is 11.4. The van der Waals surface area contributed by atoms with Gasteiger partial charge in [0.2, 0.25) is 0 Å². The van der Waals surface area contributed by atoms with Crippen LogP contribution in [-0.4, -0.2) is 17.4 Å². The summed E-state index contributed by atoms with van der Waals surface area (Å²) in [6.45, 7) is 3.21. The van der Waals surface area contributed by atoms with Crippen molar-refractivity contribution in [3.8, 4) is 5.75 Å². The van der Waals surface area contributed by atoms with Gasteiger partial charge in [-0.1, -0.05) is 12.1 Å². The van der Waals surface area contributed by atoms with Gasteiger partial charge in [-0.15, -0.1) is 22.7 Å². The first-order valence-electron chi connectivity index (χ1n) is 8.65. The zero-order valence-electron chi connectivity index (χ0n) is 14.7. The van der Waals surface area contributed by atoms with E-state index in [0.717, 1.165) is 29.8 Å². The Labute approximate surface area is 161 Å². The summed E-state index contributed by atoms with van der Waals surface area (Å²) >= 11 is 3.36. The minimum absolute atomic E-state index is 0.0586. The van der Waals surface area contributed by atoms with Gasteiger partial charge in [0.25, 0.3) is 5.91 Å². The first-order chi connectivity index (χ1) is 12.7. The van der Waals surface area contributed by atoms with Crippen LogP contribution in [0, 0.1) is 6.92 Å². The van der Waals surface area contributed by atoms with E-state index in [2.05, 4.69) is 15.7 Å². The van der Waals surface area contributed by atoms with Crippen LogP contribution in [0.1, 0.15) is 38.8 Å². The SMILES string of the molecule is Cc1csc(CCCCNC(=O)c2cccc(OCc3cccs3)c2)n1. The number of unbranched alkanes of at least 4 members (excludes halogenated alkanes) is 1. The third-order valence-corrected chi connectivity index (χ3v) is 5.70. The molecule has 0 aliphatic rings. The number of hydrogen-bond acceptors (Lipinski definition) is 5. The number of benzene rings is 1. The highest BCUT2D eigenvalue weighted by atomic mass is 32.1. The van der Waals surface area contributed by atoms with Crippen molar-refractivity contribution in [2.45, 2.75) is 32.8 Å². The topological polar surface area (TPSA) is 51.2 Å². The van der Waals surface area contributed by atoms with Crippen molar-refractivity contribution in [1.82, 2.24) is 10.3 Å². The van der Waals surface area contributed by atoms with Crippen molar-refractivity contribution in [3.63, 3.8) is 0 Å². The lowest BCUT2D eigenvalue weighted by molar-refractivity contribution is 0.0952. The van der Waals surface area contributed by atoms with E-state index in [9.17, 15) is 4.79 Å². The molecule has 0 saturated carbocycles. The summed E-state index contributed by atoms with van der Waals surface area (Å²) < 4.78 is 5.76. The number of nitrogens with one attached hydrogen (secondary N) is 1. The Morgan fingerprint density at radius 3 is 2.88 bits per heavy atom. The quantitative estimate of drug-likeness (QED) is 0.535. The van der Waals surface area contributed by atoms with E-state index in [1.807, 2.05) is 42.6 Å². The van der Waals surface area contributed by atoms with Gasteiger partial charge in [0, 0.05) is 28.1 Å². The van der Waals surface area contributed by atoms with Gasteiger partial charge in [-0.3, -0.25) is 4.79 Å². The first kappa shape index (κ1) is 18.6. The molecule has 3 aromatic rings. The Hall–Kier alpha value is -2.18. The van der Waals surface area contributed by atoms with E-state index in [1.165, 1.54) is 5.01 Å². The summed E-state index contributed by atoms with van der Waals surface area (Å²) in [5.41, 5.74) is 1.71. The molecule has 0 unspecified atom stereocenters. The van der Waals surface area contributed by atoms with Crippen molar-refractivity contribution >= 4 is 28.6 Å². The van der Waals surface area contributed by atoms with Crippen molar-refractivity contribution in [1.29, 1.82) is 0 Å². The molecule has 0 radical (unpaired) electrons. The molecular formula is C20H22N2O2S2. The Balaban J connectivity index is 1.40. The average Bonchev–Trinajstić information content (AvgIpc) is 3.31. The highest BCUT2D eigenvalue weighted by molar-refractivity contribution is 7.10. The second kappa shape index (κ2) is 9.50. The number of ether oxygens (including phenoxy) is 1. The van der Waals surface area contributed by atoms with Crippen molar-refractivity contribution in [3.05, 3.63) is 68.3 Å². The average molecular weight is 387 g/mol. The van der Waals surface area contributed by atoms with Crippen molar-refractivity contribution in [2.24, 2.45) is 0 Å². The maximum atomic E-state index is 12.3. The predicted molar refractivity (Wildman–Crippen MR) is 107 cm³/mol. The van der Waals surface area contributed by atoms with Gasteiger partial charge in [-0.05, 0) is 55.8 Å². The van der Waals surface area contributed by atoms with E-state index in [0.29, 0.717) is 24.5 Å². The number of carbonyl (C=O) groups excluding carboxylic acids is 1. The van der Waals surface area contributed by atoms with Crippen LogP contribution < -0.4 is 10.1 Å². The molecule has 1 amide bonds. The summed E-state index contributed by atoms with van der Waals surface area (Å²) in [4.78, 5) is 17.9. The Morgan fingerprint density at radius 1 is 1.19 bits per heavy atom. The summed E-state index contributed by atoms with van der Waals surface area (Å²) in [6.07, 6.45) is 2.94. The van der Waals surface area contributed by atoms with Crippen LogP contribution in [0.4, 0.5) is 0 Å². The molecule has 0 bridgehead atoms. The van der Waals surface area contributed by atoms with E-state index in [4.69, 9.17) is 4.74 Å². The Kier molecular flexibility index (Phi) is 6.80. The number of aryl methyl sites for hydroxylation is 2. The maximum absolute atomic E-state index is 12.3. The first-order valence-corrected chi connectivity index (χ1v) is 10.4. The smallest absolute Gasteiger partial charge is 0.251 e. The molecule has 1 N–H and O–H groups in total. The largest absolute Gasteiger partial charge is 0.488 e. The molecule has 1 aromatic carbocycles. The molecule has 0 aliphatic carbocycles. The van der Waals surface area contributed by atoms with Crippen molar-refractivity contribution in [2.75, 3.05) is 6.54 Å². The lowest BCUT2D eigenvalue weighted by Crippen LogP contribution is -2.24. The molecular weight excluding hydrogens is 364 g/mol. The van der Waals surface area contributed by atoms with E-state index in [1.54, 1.807) is 28.7 Å². The number of rotatable bonds is 9. The maximum Gasteiger partial charge on any atom is 0.251 e. The molecule has 0 fully saturated rings. The normalized spacial score (nSPS) is 10.7. The van der Waals surface area contributed by atoms with Crippen LogP contribution in [0.15, 0.2) is 47.2 Å². The molecule has 0 atom stereocenters. The summed E-state index contributed by atoms with van der Waals surface area (Å²) in [5.74, 6) is 0.654. The third-order valence-electron chi connectivity index (χ3n) is 3.83. The van der Waals surface area contributed by atoms with Crippen LogP contribution in [0.2, 0.25) is 0 Å². The highest BCUT2D eigenvalue weighted by Crippen LogP contribution is 2.17. The fourth-order valence-corrected chi connectivity index (χ4v) is 3.93. The van der Waals surface area contributed by atoms with E-state index in [-0.39, 0.29) is 5.91 Å². The fourth-order valence-electron chi connectivity index (χ4n) is 2.50. The van der Waals surface area contributed by atoms with Gasteiger partial charge in [0.1, 0.15) is 12.4 Å². The Morgan fingerprint density at radius 2 is 2.12 bits per heavy atom. The van der Waals surface area contributed by atoms with Crippen LogP contribution in [0.5, 0.6) is 5.75 Å². The zero-order valence-corrected chi connectivity index (χ0v) is 16.4. The number of hydrogen-bond donors (Lipinski definition) is 1. The van der Waals surface area contributed by atoms with Gasteiger partial charge < -0.3 is 10.1 Å². The van der Waals surface area contributed by atoms with Gasteiger partial charge in [-0.25, -0.2) is 4.98 Å². The second-order valence-electron chi connectivity index (χ2n) is 5.99. The molecule has 2 heterocycles. The lowest BCUT2D eigenvalue weighted by atomic mass is 10.2. The number of carbonyl (C=O) groups is 1. The predicted octanol–water partition coefficient (Wildman–Crippen LogP) is 4.84. The molecule has 4 nitrogen and oxygen atoms in total. The van der Waals surface area contributed by atoms with Crippen LogP contribution in [0.3, 0.4) is 0 Å². The number of nitrogens with zero attached hydrogens (tertiary/aromatic N) is 1. The molecule has 2 aromatic heterocycles. The van der Waals surface area contributed by atoms with Gasteiger partial charge >= 0.3 is 0 Å². The van der Waals surface area contributed by atoms with E-state index < -0.39 is 0 Å². The summed E-state index contributed by atoms with van der Waals surface area (Å²) in [5, 5.41) is 8.25. The molecule has 6 heteroatoms. The van der Waals surface area contributed by atoms with Crippen molar-refractivity contribution < 1.29 is 9.53 Å². The third kappa shape index (κ3) is 5.68. The highest BCUT2D eigenvalue weighted by Gasteiger charge is 2.07. The van der Waals surface area contributed by atoms with Crippen LogP contribution >= 0.6 is 22.7 Å². The minimum atomic E-state index is -0.0586. The molecule has 0 spiro atoms. The zero-order chi connectivity index (χ0) is 18.2. The lowest BCUT2D eigenvalue weighted by Gasteiger charge is -2.08. The monoisotopic (exact) mass is 386 g/mol. The number of amides is 1. The molecule has 0 saturated heterocycles. The molecule has 3 rings (SSSR count). The fraction of sp³-hybridized carbons (Fsp3) is 0.300.